The Morgan fingerprint density at radius 3 is 2.19 bits per heavy atom. The molecule has 3 amide bonds. The van der Waals surface area contributed by atoms with Gasteiger partial charge in [0.2, 0.25) is 0 Å². The van der Waals surface area contributed by atoms with Crippen LogP contribution in [0.1, 0.15) is 37.8 Å². The molecule has 6 nitrogen and oxygen atoms in total. The number of carbonyl (C=O) groups excluding carboxylic acids is 2. The molecule has 0 radical (unpaired) electrons. The zero-order valence-corrected chi connectivity index (χ0v) is 22.2. The number of benzene rings is 2. The van der Waals surface area contributed by atoms with Gasteiger partial charge in [0.05, 0.1) is 11.6 Å². The minimum Gasteiger partial charge on any atom is -0.444 e. The largest absolute Gasteiger partial charge is 0.444 e. The lowest BCUT2D eigenvalue weighted by atomic mass is 9.93. The summed E-state index contributed by atoms with van der Waals surface area (Å²) >= 11 is 3.08. The van der Waals surface area contributed by atoms with Crippen LogP contribution in [-0.2, 0) is 10.9 Å². The summed E-state index contributed by atoms with van der Waals surface area (Å²) in [5.74, 6) is -0.787. The number of ether oxygens (including phenoxy) is 1. The van der Waals surface area contributed by atoms with E-state index in [-0.39, 0.29) is 29.2 Å². The summed E-state index contributed by atoms with van der Waals surface area (Å²) in [4.78, 5) is 30.2. The van der Waals surface area contributed by atoms with Crippen molar-refractivity contribution in [2.45, 2.75) is 44.5 Å². The van der Waals surface area contributed by atoms with E-state index in [1.807, 2.05) is 0 Å². The van der Waals surface area contributed by atoms with Crippen LogP contribution in [0.25, 0.3) is 0 Å². The molecule has 1 aliphatic rings. The highest BCUT2D eigenvalue weighted by Crippen LogP contribution is 2.36. The van der Waals surface area contributed by atoms with Crippen LogP contribution in [0.4, 0.5) is 32.8 Å². The van der Waals surface area contributed by atoms with Gasteiger partial charge in [-0.25, -0.2) is 14.0 Å². The monoisotopic (exact) mass is 573 g/mol. The fourth-order valence-corrected chi connectivity index (χ4v) is 4.59. The Labute approximate surface area is 215 Å². The van der Waals surface area contributed by atoms with Gasteiger partial charge in [-0.2, -0.15) is 13.2 Å². The van der Waals surface area contributed by atoms with Crippen LogP contribution < -0.4 is 4.90 Å². The Kier molecular flexibility index (Phi) is 7.92. The molecular formula is C25H28BrF4N3O3. The van der Waals surface area contributed by atoms with Crippen molar-refractivity contribution in [1.29, 1.82) is 0 Å². The fourth-order valence-electron chi connectivity index (χ4n) is 4.11. The van der Waals surface area contributed by atoms with Gasteiger partial charge in [-0.1, -0.05) is 28.1 Å². The van der Waals surface area contributed by atoms with Gasteiger partial charge in [-0.3, -0.25) is 4.90 Å². The number of urea groups is 1. The van der Waals surface area contributed by atoms with Crippen LogP contribution >= 0.6 is 15.9 Å². The summed E-state index contributed by atoms with van der Waals surface area (Å²) in [5.41, 5.74) is -0.847. The Hall–Kier alpha value is -2.82. The number of anilines is 1. The number of likely N-dealkylation sites (tertiary alicyclic amines) is 1. The number of likely N-dealkylation sites (N-methyl/N-ethyl adjacent to an activating group) is 1. The summed E-state index contributed by atoms with van der Waals surface area (Å²) in [6.45, 7) is 5.59. The number of rotatable bonds is 3. The van der Waals surface area contributed by atoms with Crippen LogP contribution in [-0.4, -0.2) is 60.8 Å². The molecule has 1 aliphatic heterocycles. The summed E-state index contributed by atoms with van der Waals surface area (Å²) in [6.07, 6.45) is -5.13. The van der Waals surface area contributed by atoms with Crippen molar-refractivity contribution in [1.82, 2.24) is 9.80 Å². The van der Waals surface area contributed by atoms with Crippen LogP contribution in [0.5, 0.6) is 0 Å². The lowest BCUT2D eigenvalue weighted by Crippen LogP contribution is -2.48. The van der Waals surface area contributed by atoms with Gasteiger partial charge in [0, 0.05) is 43.3 Å². The SMILES string of the molecule is CN(C(=O)N(C)[C@@H]1CN(C(=O)OC(C)(C)C)C[C@H]1c1ccc(F)cc1)c1cc(Br)cc(C(F)(F)F)c1. The maximum atomic E-state index is 13.6. The predicted molar refractivity (Wildman–Crippen MR) is 131 cm³/mol. The molecule has 11 heteroatoms. The zero-order chi connectivity index (χ0) is 27.0. The van der Waals surface area contributed by atoms with Crippen molar-refractivity contribution in [3.63, 3.8) is 0 Å². The van der Waals surface area contributed by atoms with Gasteiger partial charge in [0.15, 0.2) is 0 Å². The van der Waals surface area contributed by atoms with Crippen LogP contribution in [0.3, 0.4) is 0 Å². The second kappa shape index (κ2) is 10.3. The number of halogens is 5. The first kappa shape index (κ1) is 27.8. The Morgan fingerprint density at radius 2 is 1.64 bits per heavy atom. The highest BCUT2D eigenvalue weighted by molar-refractivity contribution is 9.10. The highest BCUT2D eigenvalue weighted by atomic mass is 79.9. The zero-order valence-electron chi connectivity index (χ0n) is 20.6. The lowest BCUT2D eigenvalue weighted by Gasteiger charge is -2.33. The first-order valence-corrected chi connectivity index (χ1v) is 12.0. The molecule has 0 aromatic heterocycles. The maximum absolute atomic E-state index is 13.6. The molecule has 2 aromatic carbocycles. The summed E-state index contributed by atoms with van der Waals surface area (Å²) in [6, 6.07) is 7.95. The van der Waals surface area contributed by atoms with Gasteiger partial charge in [0.25, 0.3) is 0 Å². The van der Waals surface area contributed by atoms with E-state index in [0.717, 1.165) is 22.6 Å². The van der Waals surface area contributed by atoms with E-state index in [0.29, 0.717) is 0 Å². The molecule has 0 unspecified atom stereocenters. The van der Waals surface area contributed by atoms with Crippen molar-refractivity contribution in [2.24, 2.45) is 0 Å². The third-order valence-corrected chi connectivity index (χ3v) is 6.38. The molecule has 1 fully saturated rings. The molecule has 0 saturated carbocycles. The van der Waals surface area contributed by atoms with Crippen molar-refractivity contribution in [3.8, 4) is 0 Å². The average molecular weight is 574 g/mol. The van der Waals surface area contributed by atoms with E-state index in [9.17, 15) is 27.2 Å². The minimum atomic E-state index is -4.58. The quantitative estimate of drug-likeness (QED) is 0.394. The second-order valence-corrected chi connectivity index (χ2v) is 10.7. The Bertz CT molecular complexity index is 1120. The molecule has 0 N–H and O–H groups in total. The van der Waals surface area contributed by atoms with E-state index < -0.39 is 41.3 Å². The molecule has 3 rings (SSSR count). The average Bonchev–Trinajstić information content (AvgIpc) is 3.21. The van der Waals surface area contributed by atoms with Crippen LogP contribution in [0.2, 0.25) is 0 Å². The number of amides is 3. The molecule has 0 aliphatic carbocycles. The number of carbonyl (C=O) groups is 2. The smallest absolute Gasteiger partial charge is 0.416 e. The second-order valence-electron chi connectivity index (χ2n) is 9.76. The van der Waals surface area contributed by atoms with Crippen molar-refractivity contribution in [2.75, 3.05) is 32.1 Å². The van der Waals surface area contributed by atoms with Crippen LogP contribution in [0.15, 0.2) is 46.9 Å². The molecule has 0 bridgehead atoms. The van der Waals surface area contributed by atoms with Crippen molar-refractivity contribution >= 4 is 33.7 Å². The molecule has 2 atom stereocenters. The molecule has 1 saturated heterocycles. The normalized spacial score (nSPS) is 18.2. The van der Waals surface area contributed by atoms with Crippen molar-refractivity contribution in [3.05, 3.63) is 63.9 Å². The third kappa shape index (κ3) is 6.48. The Balaban J connectivity index is 1.90. The van der Waals surface area contributed by atoms with Crippen molar-refractivity contribution < 1.29 is 31.9 Å². The van der Waals surface area contributed by atoms with E-state index in [1.54, 1.807) is 32.9 Å². The molecule has 2 aromatic rings. The van der Waals surface area contributed by atoms with Gasteiger partial charge in [-0.05, 0) is 56.7 Å². The van der Waals surface area contributed by atoms with Gasteiger partial charge in [0.1, 0.15) is 11.4 Å². The summed E-state index contributed by atoms with van der Waals surface area (Å²) in [5, 5.41) is 0. The first-order chi connectivity index (χ1) is 16.6. The molecule has 36 heavy (non-hydrogen) atoms. The molecule has 0 spiro atoms. The van der Waals surface area contributed by atoms with E-state index in [2.05, 4.69) is 15.9 Å². The lowest BCUT2D eigenvalue weighted by molar-refractivity contribution is -0.137. The summed E-state index contributed by atoms with van der Waals surface area (Å²) in [7, 11) is 2.91. The molecule has 1 heterocycles. The van der Waals surface area contributed by atoms with Crippen LogP contribution in [0, 0.1) is 5.82 Å². The van der Waals surface area contributed by atoms with E-state index in [1.165, 1.54) is 42.1 Å². The number of hydrogen-bond acceptors (Lipinski definition) is 3. The molecule has 196 valence electrons. The number of nitrogens with zero attached hydrogens (tertiary/aromatic N) is 3. The summed E-state index contributed by atoms with van der Waals surface area (Å²) < 4.78 is 59.1. The predicted octanol–water partition coefficient (Wildman–Crippen LogP) is 6.50. The third-order valence-electron chi connectivity index (χ3n) is 5.92. The maximum Gasteiger partial charge on any atom is 0.416 e. The highest BCUT2D eigenvalue weighted by Gasteiger charge is 2.42. The van der Waals surface area contributed by atoms with E-state index in [4.69, 9.17) is 4.74 Å². The number of hydrogen-bond donors (Lipinski definition) is 0. The van der Waals surface area contributed by atoms with Gasteiger partial charge < -0.3 is 14.5 Å². The molecular weight excluding hydrogens is 546 g/mol. The topological polar surface area (TPSA) is 53.1 Å². The fraction of sp³-hybridized carbons (Fsp3) is 0.440. The van der Waals surface area contributed by atoms with E-state index >= 15 is 0 Å². The minimum absolute atomic E-state index is 0.0499. The van der Waals surface area contributed by atoms with Gasteiger partial charge >= 0.3 is 18.3 Å². The van der Waals surface area contributed by atoms with Gasteiger partial charge in [-0.15, -0.1) is 0 Å². The Morgan fingerprint density at radius 1 is 1.03 bits per heavy atom. The standard InChI is InChI=1S/C25H28BrF4N3O3/c1-24(2,3)36-23(35)33-13-20(15-6-8-18(27)9-7-15)21(14-33)32(5)22(34)31(4)19-11-16(25(28,29)30)10-17(26)12-19/h6-12,20-21H,13-14H2,1-5H3/t20-,21+/m0/s1. The number of alkyl halides is 3. The first-order valence-electron chi connectivity index (χ1n) is 11.2.